The van der Waals surface area contributed by atoms with E-state index in [0.29, 0.717) is 37.6 Å². The summed E-state index contributed by atoms with van der Waals surface area (Å²) in [5.41, 5.74) is 3.60. The zero-order chi connectivity index (χ0) is 23.8. The average molecular weight is 509 g/mol. The molecule has 9 heteroatoms. The largest absolute Gasteiger partial charge is 0.349 e. The normalized spacial score (nSPS) is 11.3. The van der Waals surface area contributed by atoms with Crippen molar-refractivity contribution in [3.63, 3.8) is 0 Å². The standard InChI is InChI=1S/C25H18Cl2N4O2S/c1-14-9-10-16(12-19(14)27)28-21(32)13-34-25-30-22-18-7-2-3-8-20(18)29-23(22)24(33)31(25)17-6-4-5-15(26)11-17/h2-12,29H,13H2,1H3,(H,28,32). The minimum Gasteiger partial charge on any atom is -0.349 e. The first kappa shape index (κ1) is 22.5. The molecule has 3 aromatic carbocycles. The number of carbonyl (C=O) groups is 1. The molecular weight excluding hydrogens is 491 g/mol. The molecule has 0 saturated heterocycles. The molecule has 6 nitrogen and oxygen atoms in total. The lowest BCUT2D eigenvalue weighted by molar-refractivity contribution is -0.113. The van der Waals surface area contributed by atoms with Crippen LogP contribution in [0, 0.1) is 6.92 Å². The first-order valence-electron chi connectivity index (χ1n) is 10.4. The van der Waals surface area contributed by atoms with Gasteiger partial charge in [0.15, 0.2) is 5.16 Å². The van der Waals surface area contributed by atoms with Gasteiger partial charge >= 0.3 is 0 Å². The van der Waals surface area contributed by atoms with Gasteiger partial charge in [0.1, 0.15) is 11.0 Å². The van der Waals surface area contributed by atoms with E-state index in [1.807, 2.05) is 37.3 Å². The number of rotatable bonds is 5. The molecule has 0 unspecified atom stereocenters. The second kappa shape index (κ2) is 9.18. The van der Waals surface area contributed by atoms with Gasteiger partial charge in [-0.15, -0.1) is 0 Å². The number of benzene rings is 3. The molecule has 0 saturated carbocycles. The third-order valence-electron chi connectivity index (χ3n) is 5.35. The highest BCUT2D eigenvalue weighted by Gasteiger charge is 2.18. The van der Waals surface area contributed by atoms with Crippen LogP contribution >= 0.6 is 35.0 Å². The van der Waals surface area contributed by atoms with Gasteiger partial charge in [-0.25, -0.2) is 4.98 Å². The van der Waals surface area contributed by atoms with Gasteiger partial charge in [-0.3, -0.25) is 14.2 Å². The van der Waals surface area contributed by atoms with Crippen LogP contribution in [0.5, 0.6) is 0 Å². The number of H-pyrrole nitrogens is 1. The van der Waals surface area contributed by atoms with Gasteiger partial charge in [-0.1, -0.05) is 65.3 Å². The van der Waals surface area contributed by atoms with Crippen molar-refractivity contribution in [2.75, 3.05) is 11.1 Å². The summed E-state index contributed by atoms with van der Waals surface area (Å²) in [7, 11) is 0. The van der Waals surface area contributed by atoms with Gasteiger partial charge in [-0.05, 0) is 48.9 Å². The molecule has 2 heterocycles. The summed E-state index contributed by atoms with van der Waals surface area (Å²) < 4.78 is 1.48. The van der Waals surface area contributed by atoms with Crippen molar-refractivity contribution < 1.29 is 4.79 Å². The predicted molar refractivity (Wildman–Crippen MR) is 140 cm³/mol. The van der Waals surface area contributed by atoms with Crippen molar-refractivity contribution in [1.82, 2.24) is 14.5 Å². The van der Waals surface area contributed by atoms with Crippen molar-refractivity contribution in [2.45, 2.75) is 12.1 Å². The third-order valence-corrected chi connectivity index (χ3v) is 6.93. The fourth-order valence-electron chi connectivity index (χ4n) is 3.68. The first-order chi connectivity index (χ1) is 16.4. The van der Waals surface area contributed by atoms with Crippen molar-refractivity contribution in [2.24, 2.45) is 0 Å². The van der Waals surface area contributed by atoms with Crippen LogP contribution in [0.15, 0.2) is 76.7 Å². The summed E-state index contributed by atoms with van der Waals surface area (Å²) in [5, 5.41) is 5.14. The number of thioether (sulfide) groups is 1. The monoisotopic (exact) mass is 508 g/mol. The third kappa shape index (κ3) is 4.30. The van der Waals surface area contributed by atoms with Crippen LogP contribution < -0.4 is 10.9 Å². The number of aryl methyl sites for hydroxylation is 1. The fourth-order valence-corrected chi connectivity index (χ4v) is 4.85. The Morgan fingerprint density at radius 3 is 2.71 bits per heavy atom. The van der Waals surface area contributed by atoms with Crippen molar-refractivity contribution in [3.8, 4) is 5.69 Å². The number of anilines is 1. The Balaban J connectivity index is 1.54. The van der Waals surface area contributed by atoms with E-state index in [2.05, 4.69) is 10.3 Å². The Bertz CT molecular complexity index is 1630. The predicted octanol–water partition coefficient (Wildman–Crippen LogP) is 6.21. The number of aromatic nitrogens is 3. The summed E-state index contributed by atoms with van der Waals surface area (Å²) in [6.45, 7) is 1.89. The lowest BCUT2D eigenvalue weighted by Crippen LogP contribution is -2.23. The summed E-state index contributed by atoms with van der Waals surface area (Å²) in [6, 6.07) is 19.9. The fraction of sp³-hybridized carbons (Fsp3) is 0.0800. The van der Waals surface area contributed by atoms with E-state index in [1.165, 1.54) is 16.3 Å². The Hall–Kier alpha value is -3.26. The van der Waals surface area contributed by atoms with Crippen LogP contribution in [-0.2, 0) is 4.79 Å². The molecule has 170 valence electrons. The van der Waals surface area contributed by atoms with Crippen LogP contribution in [0.25, 0.3) is 27.6 Å². The lowest BCUT2D eigenvalue weighted by atomic mass is 10.2. The Kier molecular flexibility index (Phi) is 6.08. The molecule has 2 N–H and O–H groups in total. The average Bonchev–Trinajstić information content (AvgIpc) is 3.19. The van der Waals surface area contributed by atoms with Crippen LogP contribution in [-0.4, -0.2) is 26.2 Å². The first-order valence-corrected chi connectivity index (χ1v) is 12.1. The molecule has 5 aromatic rings. The molecule has 0 atom stereocenters. The topological polar surface area (TPSA) is 79.8 Å². The van der Waals surface area contributed by atoms with Crippen LogP contribution in [0.1, 0.15) is 5.56 Å². The van der Waals surface area contributed by atoms with Crippen molar-refractivity contribution in [1.29, 1.82) is 0 Å². The maximum Gasteiger partial charge on any atom is 0.283 e. The molecule has 0 bridgehead atoms. The number of hydrogen-bond donors (Lipinski definition) is 2. The van der Waals surface area contributed by atoms with E-state index in [-0.39, 0.29) is 17.2 Å². The highest BCUT2D eigenvalue weighted by atomic mass is 35.5. The summed E-state index contributed by atoms with van der Waals surface area (Å²) in [6.07, 6.45) is 0. The van der Waals surface area contributed by atoms with Crippen molar-refractivity contribution >= 4 is 68.5 Å². The maximum absolute atomic E-state index is 13.6. The molecule has 0 aliphatic rings. The molecule has 0 aliphatic carbocycles. The molecule has 0 spiro atoms. The van der Waals surface area contributed by atoms with Crippen LogP contribution in [0.3, 0.4) is 0 Å². The quantitative estimate of drug-likeness (QED) is 0.218. The van der Waals surface area contributed by atoms with Crippen LogP contribution in [0.2, 0.25) is 10.0 Å². The molecule has 5 rings (SSSR count). The van der Waals surface area contributed by atoms with Gasteiger partial charge in [0.2, 0.25) is 5.91 Å². The molecule has 0 fully saturated rings. The second-order valence-corrected chi connectivity index (χ2v) is 9.50. The maximum atomic E-state index is 13.6. The van der Waals surface area contributed by atoms with Crippen LogP contribution in [0.4, 0.5) is 5.69 Å². The van der Waals surface area contributed by atoms with E-state index < -0.39 is 0 Å². The summed E-state index contributed by atoms with van der Waals surface area (Å²) in [5.74, 6) is -0.192. The number of halogens is 2. The zero-order valence-corrected chi connectivity index (χ0v) is 20.3. The van der Waals surface area contributed by atoms with E-state index in [0.717, 1.165) is 16.5 Å². The minimum atomic E-state index is -0.267. The Labute approximate surface area is 208 Å². The second-order valence-electron chi connectivity index (χ2n) is 7.71. The number of nitrogens with one attached hydrogen (secondary N) is 2. The number of carbonyl (C=O) groups excluding carboxylic acids is 1. The minimum absolute atomic E-state index is 0.0480. The lowest BCUT2D eigenvalue weighted by Gasteiger charge is -2.13. The number of fused-ring (bicyclic) bond motifs is 3. The van der Waals surface area contributed by atoms with E-state index in [9.17, 15) is 9.59 Å². The van der Waals surface area contributed by atoms with E-state index in [4.69, 9.17) is 28.2 Å². The molecule has 0 radical (unpaired) electrons. The van der Waals surface area contributed by atoms with Gasteiger partial charge in [0.05, 0.1) is 11.4 Å². The van der Waals surface area contributed by atoms with Gasteiger partial charge < -0.3 is 10.3 Å². The van der Waals surface area contributed by atoms with E-state index in [1.54, 1.807) is 36.4 Å². The Morgan fingerprint density at radius 2 is 1.91 bits per heavy atom. The number of hydrogen-bond acceptors (Lipinski definition) is 4. The van der Waals surface area contributed by atoms with Crippen molar-refractivity contribution in [3.05, 3.63) is 92.7 Å². The van der Waals surface area contributed by atoms with E-state index >= 15 is 0 Å². The number of aromatic amines is 1. The van der Waals surface area contributed by atoms with Gasteiger partial charge in [-0.2, -0.15) is 0 Å². The molecule has 0 aliphatic heterocycles. The SMILES string of the molecule is Cc1ccc(NC(=O)CSc2nc3c([nH]c4ccccc43)c(=O)n2-c2cccc(Cl)c2)cc1Cl. The highest BCUT2D eigenvalue weighted by Crippen LogP contribution is 2.27. The molecule has 1 amide bonds. The smallest absolute Gasteiger partial charge is 0.283 e. The number of amides is 1. The van der Waals surface area contributed by atoms with Gasteiger partial charge in [0.25, 0.3) is 5.56 Å². The molecule has 2 aromatic heterocycles. The highest BCUT2D eigenvalue weighted by molar-refractivity contribution is 7.99. The summed E-state index contributed by atoms with van der Waals surface area (Å²) >= 11 is 13.5. The molecular formula is C25H18Cl2N4O2S. The zero-order valence-electron chi connectivity index (χ0n) is 17.9. The number of nitrogens with zero attached hydrogens (tertiary/aromatic N) is 2. The van der Waals surface area contributed by atoms with Gasteiger partial charge in [0, 0.05) is 26.6 Å². The molecule has 34 heavy (non-hydrogen) atoms. The summed E-state index contributed by atoms with van der Waals surface area (Å²) in [4.78, 5) is 34.2. The Morgan fingerprint density at radius 1 is 1.09 bits per heavy atom. The number of para-hydroxylation sites is 1.